The van der Waals surface area contributed by atoms with Crippen molar-refractivity contribution in [1.82, 2.24) is 21.3 Å². The topological polar surface area (TPSA) is 135 Å². The molecule has 10 nitrogen and oxygen atoms in total. The number of nitrogens with one attached hydrogen (secondary N) is 4. The van der Waals surface area contributed by atoms with E-state index in [1.807, 2.05) is 102 Å². The zero-order valence-corrected chi connectivity index (χ0v) is 25.4. The molecule has 0 fully saturated rings. The Labute approximate surface area is 248 Å². The van der Waals surface area contributed by atoms with Gasteiger partial charge in [0.05, 0.1) is 12.1 Å². The fraction of sp³-hybridized carbons (Fsp3) is 0.438. The Balaban J connectivity index is 1.93. The number of amides is 4. The molecule has 2 atom stereocenters. The molecule has 4 N–H and O–H groups in total. The molecule has 228 valence electrons. The Morgan fingerprint density at radius 3 is 1.26 bits per heavy atom. The lowest BCUT2D eigenvalue weighted by atomic mass is 10.1. The van der Waals surface area contributed by atoms with E-state index in [-0.39, 0.29) is 25.3 Å². The fourth-order valence-electron chi connectivity index (χ4n) is 3.82. The summed E-state index contributed by atoms with van der Waals surface area (Å²) in [5, 5.41) is 11.3. The van der Waals surface area contributed by atoms with Gasteiger partial charge in [-0.25, -0.2) is 19.2 Å². The summed E-state index contributed by atoms with van der Waals surface area (Å²) in [4.78, 5) is 49.6. The standard InChI is InChI=1S/C32H44N4O6/c1-31(2,3)35-29(39)33-25(19-23-13-9-7-10-14-23)21-41-27(37)17-18-28(38)42-22-26(20-24-15-11-8-12-16-24)34-30(40)36-32(4,5)6/h7-18,25-26H,19-22H2,1-6H3,(H2,33,35,39)(H2,34,36,40)/b18-17+/t25-,26-/m1/s1. The van der Waals surface area contributed by atoms with Crippen LogP contribution in [0.15, 0.2) is 72.8 Å². The predicted octanol–water partition coefficient (Wildman–Crippen LogP) is 4.05. The van der Waals surface area contributed by atoms with Crippen LogP contribution >= 0.6 is 0 Å². The molecule has 0 saturated heterocycles. The van der Waals surface area contributed by atoms with Gasteiger partial charge in [-0.2, -0.15) is 0 Å². The lowest BCUT2D eigenvalue weighted by Crippen LogP contribution is -2.51. The first-order chi connectivity index (χ1) is 19.7. The van der Waals surface area contributed by atoms with Gasteiger partial charge in [0.15, 0.2) is 0 Å². The van der Waals surface area contributed by atoms with Crippen LogP contribution in [0.4, 0.5) is 9.59 Å². The second kappa shape index (κ2) is 16.2. The quantitative estimate of drug-likeness (QED) is 0.221. The Bertz CT molecular complexity index is 1090. The fourth-order valence-corrected chi connectivity index (χ4v) is 3.82. The summed E-state index contributed by atoms with van der Waals surface area (Å²) in [7, 11) is 0. The van der Waals surface area contributed by atoms with Gasteiger partial charge in [0.2, 0.25) is 0 Å². The van der Waals surface area contributed by atoms with Gasteiger partial charge in [0.25, 0.3) is 0 Å². The van der Waals surface area contributed by atoms with E-state index in [2.05, 4.69) is 21.3 Å². The van der Waals surface area contributed by atoms with Crippen molar-refractivity contribution in [2.24, 2.45) is 0 Å². The summed E-state index contributed by atoms with van der Waals surface area (Å²) in [5.74, 6) is -1.52. The van der Waals surface area contributed by atoms with Gasteiger partial charge in [-0.15, -0.1) is 0 Å². The highest BCUT2D eigenvalue weighted by molar-refractivity contribution is 5.91. The number of rotatable bonds is 12. The first kappa shape index (κ1) is 33.9. The predicted molar refractivity (Wildman–Crippen MR) is 162 cm³/mol. The lowest BCUT2D eigenvalue weighted by molar-refractivity contribution is -0.141. The lowest BCUT2D eigenvalue weighted by Gasteiger charge is -2.24. The number of urea groups is 2. The monoisotopic (exact) mass is 580 g/mol. The Morgan fingerprint density at radius 2 is 0.952 bits per heavy atom. The van der Waals surface area contributed by atoms with Crippen molar-refractivity contribution in [3.05, 3.63) is 83.9 Å². The van der Waals surface area contributed by atoms with Gasteiger partial charge in [0, 0.05) is 23.2 Å². The minimum atomic E-state index is -0.758. The van der Waals surface area contributed by atoms with E-state index < -0.39 is 35.1 Å². The van der Waals surface area contributed by atoms with Crippen molar-refractivity contribution in [3.8, 4) is 0 Å². The van der Waals surface area contributed by atoms with Crippen LogP contribution in [0.5, 0.6) is 0 Å². The van der Waals surface area contributed by atoms with Crippen molar-refractivity contribution in [2.45, 2.75) is 77.5 Å². The molecule has 0 aromatic heterocycles. The molecule has 0 unspecified atom stereocenters. The second-order valence-corrected chi connectivity index (χ2v) is 12.1. The SMILES string of the molecule is CC(C)(C)NC(=O)N[C@@H](COC(=O)/C=C/C(=O)OC[C@@H](Cc1ccccc1)NC(=O)NC(C)(C)C)Cc1ccccc1. The normalized spacial score (nSPS) is 13.0. The Morgan fingerprint density at radius 1 is 0.619 bits per heavy atom. The molecule has 0 aliphatic heterocycles. The maximum absolute atomic E-state index is 12.4. The van der Waals surface area contributed by atoms with Gasteiger partial charge in [0.1, 0.15) is 13.2 Å². The van der Waals surface area contributed by atoms with Crippen LogP contribution < -0.4 is 21.3 Å². The van der Waals surface area contributed by atoms with Gasteiger partial charge < -0.3 is 30.7 Å². The summed E-state index contributed by atoms with van der Waals surface area (Å²) < 4.78 is 10.6. The first-order valence-corrected chi connectivity index (χ1v) is 14.0. The summed E-state index contributed by atoms with van der Waals surface area (Å²) in [6.45, 7) is 11.0. The Hall–Kier alpha value is -4.34. The minimum absolute atomic E-state index is 0.101. The van der Waals surface area contributed by atoms with Crippen molar-refractivity contribution in [3.63, 3.8) is 0 Å². The summed E-state index contributed by atoms with van der Waals surface area (Å²) in [5.41, 5.74) is 1.05. The largest absolute Gasteiger partial charge is 0.460 e. The van der Waals surface area contributed by atoms with E-state index in [1.165, 1.54) is 0 Å². The van der Waals surface area contributed by atoms with Crippen LogP contribution in [0.1, 0.15) is 52.7 Å². The number of hydrogen-bond donors (Lipinski definition) is 4. The zero-order valence-electron chi connectivity index (χ0n) is 25.4. The number of esters is 2. The van der Waals surface area contributed by atoms with Crippen molar-refractivity contribution in [1.29, 1.82) is 0 Å². The molecule has 2 aromatic rings. The molecular formula is C32H44N4O6. The van der Waals surface area contributed by atoms with Crippen molar-refractivity contribution >= 4 is 24.0 Å². The maximum atomic E-state index is 12.4. The number of hydrogen-bond acceptors (Lipinski definition) is 6. The smallest absolute Gasteiger partial charge is 0.331 e. The highest BCUT2D eigenvalue weighted by Gasteiger charge is 2.20. The molecule has 0 aliphatic rings. The highest BCUT2D eigenvalue weighted by atomic mass is 16.5. The highest BCUT2D eigenvalue weighted by Crippen LogP contribution is 2.07. The third-order valence-corrected chi connectivity index (χ3v) is 5.51. The number of benzene rings is 2. The zero-order chi connectivity index (χ0) is 31.2. The third kappa shape index (κ3) is 15.4. The van der Waals surface area contributed by atoms with E-state index in [9.17, 15) is 19.2 Å². The summed E-state index contributed by atoms with van der Waals surface area (Å²) in [6.07, 6.45) is 2.83. The van der Waals surface area contributed by atoms with E-state index in [0.717, 1.165) is 23.3 Å². The molecule has 2 aromatic carbocycles. The molecule has 4 amide bonds. The second-order valence-electron chi connectivity index (χ2n) is 12.1. The number of carbonyl (C=O) groups is 4. The molecule has 0 bridgehead atoms. The van der Waals surface area contributed by atoms with E-state index >= 15 is 0 Å². The van der Waals surface area contributed by atoms with Crippen LogP contribution in [-0.4, -0.2) is 60.4 Å². The molecule has 0 aliphatic carbocycles. The van der Waals surface area contributed by atoms with Crippen LogP contribution in [0.2, 0.25) is 0 Å². The molecule has 0 spiro atoms. The molecule has 0 heterocycles. The molecule has 0 radical (unpaired) electrons. The van der Waals surface area contributed by atoms with Gasteiger partial charge >= 0.3 is 24.0 Å². The van der Waals surface area contributed by atoms with Gasteiger partial charge in [-0.1, -0.05) is 60.7 Å². The van der Waals surface area contributed by atoms with Crippen LogP contribution in [0.3, 0.4) is 0 Å². The third-order valence-electron chi connectivity index (χ3n) is 5.51. The average molecular weight is 581 g/mol. The van der Waals surface area contributed by atoms with Gasteiger partial charge in [-0.05, 0) is 65.5 Å². The first-order valence-electron chi connectivity index (χ1n) is 14.0. The maximum Gasteiger partial charge on any atom is 0.331 e. The summed E-state index contributed by atoms with van der Waals surface area (Å²) in [6, 6.07) is 17.2. The van der Waals surface area contributed by atoms with Gasteiger partial charge in [-0.3, -0.25) is 0 Å². The average Bonchev–Trinajstić information content (AvgIpc) is 2.88. The number of ether oxygens (including phenoxy) is 2. The molecule has 2 rings (SSSR count). The van der Waals surface area contributed by atoms with E-state index in [1.54, 1.807) is 0 Å². The number of carbonyl (C=O) groups excluding carboxylic acids is 4. The minimum Gasteiger partial charge on any atom is -0.460 e. The van der Waals surface area contributed by atoms with Crippen LogP contribution in [0.25, 0.3) is 0 Å². The van der Waals surface area contributed by atoms with E-state index in [4.69, 9.17) is 9.47 Å². The molecular weight excluding hydrogens is 536 g/mol. The molecule has 42 heavy (non-hydrogen) atoms. The molecule has 0 saturated carbocycles. The van der Waals surface area contributed by atoms with Crippen LogP contribution in [-0.2, 0) is 31.9 Å². The Kier molecular flexibility index (Phi) is 13.1. The van der Waals surface area contributed by atoms with Crippen LogP contribution in [0, 0.1) is 0 Å². The summed E-state index contributed by atoms with van der Waals surface area (Å²) >= 11 is 0. The van der Waals surface area contributed by atoms with Crippen molar-refractivity contribution < 1.29 is 28.7 Å². The van der Waals surface area contributed by atoms with E-state index in [0.29, 0.717) is 12.8 Å². The van der Waals surface area contributed by atoms with Crippen molar-refractivity contribution in [2.75, 3.05) is 13.2 Å². The molecule has 10 heteroatoms.